The first-order valence-corrected chi connectivity index (χ1v) is 11.4. The highest BCUT2D eigenvalue weighted by molar-refractivity contribution is 6.25. The molecule has 2 heterocycles. The monoisotopic (exact) mass is 422 g/mol. The topological polar surface area (TPSA) is 9.86 Å². The number of hydrogen-bond acceptors (Lipinski definition) is 0. The van der Waals surface area contributed by atoms with Crippen molar-refractivity contribution in [3.05, 3.63) is 121 Å². The predicted molar refractivity (Wildman–Crippen MR) is 140 cm³/mol. The molecule has 0 bridgehead atoms. The van der Waals surface area contributed by atoms with Crippen molar-refractivity contribution in [3.8, 4) is 11.4 Å². The van der Waals surface area contributed by atoms with Crippen molar-refractivity contribution in [1.29, 1.82) is 0 Å². The fourth-order valence-corrected chi connectivity index (χ4v) is 5.40. The Labute approximate surface area is 191 Å². The van der Waals surface area contributed by atoms with E-state index >= 15 is 0 Å². The molecule has 5 aromatic carbocycles. The lowest BCUT2D eigenvalue weighted by Gasteiger charge is -2.12. The van der Waals surface area contributed by atoms with Crippen LogP contribution in [0.25, 0.3) is 54.9 Å². The summed E-state index contributed by atoms with van der Waals surface area (Å²) in [4.78, 5) is 0. The van der Waals surface area contributed by atoms with Crippen LogP contribution in [0, 0.1) is 6.92 Å². The Balaban J connectivity index is 1.65. The van der Waals surface area contributed by atoms with E-state index in [1.807, 2.05) is 0 Å². The van der Waals surface area contributed by atoms with Crippen molar-refractivity contribution >= 4 is 43.5 Å². The maximum absolute atomic E-state index is 2.38. The minimum atomic E-state index is 1.19. The van der Waals surface area contributed by atoms with Gasteiger partial charge < -0.3 is 9.13 Å². The summed E-state index contributed by atoms with van der Waals surface area (Å²) in [5.41, 5.74) is 7.43. The van der Waals surface area contributed by atoms with Gasteiger partial charge in [0.15, 0.2) is 0 Å². The molecule has 0 atom stereocenters. The Kier molecular flexibility index (Phi) is 3.80. The van der Waals surface area contributed by atoms with Crippen molar-refractivity contribution in [3.63, 3.8) is 0 Å². The maximum atomic E-state index is 2.38. The molecule has 0 aliphatic carbocycles. The van der Waals surface area contributed by atoms with Crippen LogP contribution in [0.4, 0.5) is 0 Å². The number of hydrogen-bond donors (Lipinski definition) is 0. The van der Waals surface area contributed by atoms with Crippen LogP contribution in [-0.2, 0) is 0 Å². The van der Waals surface area contributed by atoms with E-state index in [1.165, 1.54) is 60.4 Å². The van der Waals surface area contributed by atoms with Gasteiger partial charge in [0.2, 0.25) is 0 Å². The van der Waals surface area contributed by atoms with Gasteiger partial charge >= 0.3 is 0 Å². The third-order valence-electron chi connectivity index (χ3n) is 6.87. The van der Waals surface area contributed by atoms with Gasteiger partial charge in [-0.15, -0.1) is 0 Å². The van der Waals surface area contributed by atoms with Gasteiger partial charge in [0.1, 0.15) is 0 Å². The van der Waals surface area contributed by atoms with E-state index < -0.39 is 0 Å². The number of nitrogens with zero attached hydrogens (tertiary/aromatic N) is 2. The molecular formula is C31H22N2. The zero-order chi connectivity index (χ0) is 21.9. The van der Waals surface area contributed by atoms with Crippen molar-refractivity contribution < 1.29 is 0 Å². The van der Waals surface area contributed by atoms with E-state index in [-0.39, 0.29) is 0 Å². The summed E-state index contributed by atoms with van der Waals surface area (Å²) in [6, 6.07) is 39.4. The lowest BCUT2D eigenvalue weighted by atomic mass is 10.0. The number of aromatic nitrogens is 2. The standard InChI is InChI=1S/C31H22N2/c1-21-9-5-7-13-27(21)32-20-19-22-15-16-24-25(31(22)32)17-18-29-30(24)26-12-6-8-14-28(26)33(29)23-10-3-2-4-11-23/h2-20H,1H3. The molecule has 33 heavy (non-hydrogen) atoms. The van der Waals surface area contributed by atoms with Crippen LogP contribution in [0.15, 0.2) is 115 Å². The van der Waals surface area contributed by atoms with Gasteiger partial charge in [0, 0.05) is 39.1 Å². The summed E-state index contributed by atoms with van der Waals surface area (Å²) in [5, 5.41) is 6.43. The van der Waals surface area contributed by atoms with Crippen LogP contribution >= 0.6 is 0 Å². The largest absolute Gasteiger partial charge is 0.316 e. The second-order valence-corrected chi connectivity index (χ2v) is 8.72. The highest BCUT2D eigenvalue weighted by atomic mass is 15.0. The van der Waals surface area contributed by atoms with Gasteiger partial charge in [0.25, 0.3) is 0 Å². The Bertz CT molecular complexity index is 1820. The molecular weight excluding hydrogens is 400 g/mol. The molecule has 0 fully saturated rings. The van der Waals surface area contributed by atoms with Crippen LogP contribution in [0.3, 0.4) is 0 Å². The number of fused-ring (bicyclic) bond motifs is 7. The van der Waals surface area contributed by atoms with Gasteiger partial charge in [-0.3, -0.25) is 0 Å². The lowest BCUT2D eigenvalue weighted by molar-refractivity contribution is 1.11. The molecule has 2 heteroatoms. The Morgan fingerprint density at radius 1 is 0.545 bits per heavy atom. The van der Waals surface area contributed by atoms with Crippen molar-refractivity contribution in [2.45, 2.75) is 6.92 Å². The second kappa shape index (κ2) is 6.85. The minimum Gasteiger partial charge on any atom is -0.316 e. The SMILES string of the molecule is Cc1ccccc1-n1ccc2ccc3c(ccc4c3c3ccccc3n4-c3ccccc3)c21. The molecule has 7 rings (SSSR count). The molecule has 0 aliphatic rings. The van der Waals surface area contributed by atoms with Gasteiger partial charge in [-0.05, 0) is 54.3 Å². The third kappa shape index (κ3) is 2.55. The zero-order valence-electron chi connectivity index (χ0n) is 18.4. The van der Waals surface area contributed by atoms with Crippen LogP contribution < -0.4 is 0 Å². The summed E-state index contributed by atoms with van der Waals surface area (Å²) in [5.74, 6) is 0. The van der Waals surface area contributed by atoms with Gasteiger partial charge in [-0.25, -0.2) is 0 Å². The first kappa shape index (κ1) is 18.3. The molecule has 0 N–H and O–H groups in total. The van der Waals surface area contributed by atoms with Crippen molar-refractivity contribution in [2.75, 3.05) is 0 Å². The molecule has 0 radical (unpaired) electrons. The average Bonchev–Trinajstić information content (AvgIpc) is 3.44. The smallest absolute Gasteiger partial charge is 0.0607 e. The highest BCUT2D eigenvalue weighted by Crippen LogP contribution is 2.39. The fourth-order valence-electron chi connectivity index (χ4n) is 5.40. The van der Waals surface area contributed by atoms with Gasteiger partial charge in [-0.1, -0.05) is 72.8 Å². The molecule has 0 saturated carbocycles. The molecule has 0 amide bonds. The van der Waals surface area contributed by atoms with E-state index in [1.54, 1.807) is 0 Å². The van der Waals surface area contributed by atoms with E-state index in [0.29, 0.717) is 0 Å². The van der Waals surface area contributed by atoms with Crippen LogP contribution in [0.1, 0.15) is 5.56 Å². The summed E-state index contributed by atoms with van der Waals surface area (Å²) in [6.45, 7) is 2.18. The van der Waals surface area contributed by atoms with Crippen molar-refractivity contribution in [2.24, 2.45) is 0 Å². The van der Waals surface area contributed by atoms with Gasteiger partial charge in [-0.2, -0.15) is 0 Å². The molecule has 0 unspecified atom stereocenters. The average molecular weight is 423 g/mol. The first-order chi connectivity index (χ1) is 16.3. The number of rotatable bonds is 2. The first-order valence-electron chi connectivity index (χ1n) is 11.4. The zero-order valence-corrected chi connectivity index (χ0v) is 18.4. The molecule has 156 valence electrons. The molecule has 0 aliphatic heterocycles. The van der Waals surface area contributed by atoms with Crippen LogP contribution in [0.2, 0.25) is 0 Å². The van der Waals surface area contributed by atoms with E-state index in [4.69, 9.17) is 0 Å². The molecule has 0 spiro atoms. The number of aryl methyl sites for hydroxylation is 1. The van der Waals surface area contributed by atoms with Crippen molar-refractivity contribution in [1.82, 2.24) is 9.13 Å². The fraction of sp³-hybridized carbons (Fsp3) is 0.0323. The van der Waals surface area contributed by atoms with E-state index in [9.17, 15) is 0 Å². The van der Waals surface area contributed by atoms with Crippen LogP contribution in [-0.4, -0.2) is 9.13 Å². The second-order valence-electron chi connectivity index (χ2n) is 8.72. The van der Waals surface area contributed by atoms with Gasteiger partial charge in [0.05, 0.1) is 16.6 Å². The highest BCUT2D eigenvalue weighted by Gasteiger charge is 2.17. The lowest BCUT2D eigenvalue weighted by Crippen LogP contribution is -1.96. The summed E-state index contributed by atoms with van der Waals surface area (Å²) in [7, 11) is 0. The Hall–Kier alpha value is -4.30. The quantitative estimate of drug-likeness (QED) is 0.266. The molecule has 7 aromatic rings. The summed E-state index contributed by atoms with van der Waals surface area (Å²) < 4.78 is 4.73. The van der Waals surface area contributed by atoms with Crippen LogP contribution in [0.5, 0.6) is 0 Å². The number of benzene rings is 5. The summed E-state index contributed by atoms with van der Waals surface area (Å²) in [6.07, 6.45) is 2.20. The molecule has 2 nitrogen and oxygen atoms in total. The number of para-hydroxylation sites is 3. The maximum Gasteiger partial charge on any atom is 0.0607 e. The normalized spacial score (nSPS) is 11.8. The predicted octanol–water partition coefficient (Wildman–Crippen LogP) is 8.19. The Morgan fingerprint density at radius 3 is 2.18 bits per heavy atom. The molecule has 0 saturated heterocycles. The van der Waals surface area contributed by atoms with E-state index in [2.05, 4.69) is 131 Å². The summed E-state index contributed by atoms with van der Waals surface area (Å²) >= 11 is 0. The molecule has 2 aromatic heterocycles. The Morgan fingerprint density at radius 2 is 1.30 bits per heavy atom. The minimum absolute atomic E-state index is 1.19. The third-order valence-corrected chi connectivity index (χ3v) is 6.87. The van der Waals surface area contributed by atoms with E-state index in [0.717, 1.165) is 0 Å².